The highest BCUT2D eigenvalue weighted by Gasteiger charge is 2.35. The number of aliphatic hydroxyl groups is 1. The maximum Gasteiger partial charge on any atom is 0.251 e. The topological polar surface area (TPSA) is 92.4 Å². The molecule has 0 saturated heterocycles. The van der Waals surface area contributed by atoms with Gasteiger partial charge < -0.3 is 14.9 Å². The first-order chi connectivity index (χ1) is 12.2. The van der Waals surface area contributed by atoms with Crippen LogP contribution in [0.2, 0.25) is 0 Å². The van der Waals surface area contributed by atoms with Gasteiger partial charge in [-0.25, -0.2) is 0 Å². The van der Waals surface area contributed by atoms with Crippen molar-refractivity contribution in [1.29, 1.82) is 0 Å². The smallest absolute Gasteiger partial charge is 0.251 e. The second kappa shape index (κ2) is 7.03. The van der Waals surface area contributed by atoms with E-state index in [9.17, 15) is 14.7 Å². The molecule has 6 heteroatoms. The summed E-state index contributed by atoms with van der Waals surface area (Å²) in [6.45, 7) is 5.94. The molecule has 0 aliphatic heterocycles. The molecule has 138 valence electrons. The first-order valence-corrected chi connectivity index (χ1v) is 8.81. The van der Waals surface area contributed by atoms with Crippen molar-refractivity contribution in [2.24, 2.45) is 5.41 Å². The Morgan fingerprint density at radius 3 is 2.65 bits per heavy atom. The van der Waals surface area contributed by atoms with Gasteiger partial charge in [0.1, 0.15) is 0 Å². The van der Waals surface area contributed by atoms with E-state index in [2.05, 4.69) is 24.3 Å². The third kappa shape index (κ3) is 4.02. The molecule has 2 aromatic rings. The van der Waals surface area contributed by atoms with Gasteiger partial charge in [-0.3, -0.25) is 9.59 Å². The van der Waals surface area contributed by atoms with Crippen LogP contribution in [0.5, 0.6) is 0 Å². The number of ketones is 1. The lowest BCUT2D eigenvalue weighted by molar-refractivity contribution is 0.0907. The molecule has 1 amide bonds. The number of rotatable bonds is 5. The Morgan fingerprint density at radius 2 is 2.00 bits per heavy atom. The van der Waals surface area contributed by atoms with E-state index in [0.29, 0.717) is 29.7 Å². The van der Waals surface area contributed by atoms with E-state index in [4.69, 9.17) is 4.52 Å². The lowest BCUT2D eigenvalue weighted by Crippen LogP contribution is -2.30. The molecule has 0 fully saturated rings. The molecule has 1 heterocycles. The standard InChI is InChI=1S/C20H24N2O4/c1-12(23)11-21-19(25)14-6-4-13(5-7-14)8-17-18-15(22-26-17)9-20(2,3)10-16(18)24/h4-7,12,23H,8-11H2,1-3H3,(H,21,25)/t12-/m0/s1. The van der Waals surface area contributed by atoms with Crippen LogP contribution in [0.15, 0.2) is 28.8 Å². The second-order valence-corrected chi connectivity index (χ2v) is 7.80. The van der Waals surface area contributed by atoms with Crippen LogP contribution in [0, 0.1) is 5.41 Å². The summed E-state index contributed by atoms with van der Waals surface area (Å²) in [5, 5.41) is 16.0. The van der Waals surface area contributed by atoms with Gasteiger partial charge in [0.15, 0.2) is 11.5 Å². The van der Waals surface area contributed by atoms with Gasteiger partial charge in [-0.15, -0.1) is 0 Å². The summed E-state index contributed by atoms with van der Waals surface area (Å²) in [6.07, 6.45) is 1.11. The highest BCUT2D eigenvalue weighted by Crippen LogP contribution is 2.36. The number of carbonyl (C=O) groups is 2. The Bertz CT molecular complexity index is 819. The molecule has 1 atom stereocenters. The average Bonchev–Trinajstić information content (AvgIpc) is 2.94. The van der Waals surface area contributed by atoms with Crippen molar-refractivity contribution in [3.63, 3.8) is 0 Å². The molecule has 0 spiro atoms. The predicted octanol–water partition coefficient (Wildman–Crippen LogP) is 2.53. The molecule has 0 unspecified atom stereocenters. The maximum atomic E-state index is 12.5. The van der Waals surface area contributed by atoms with Gasteiger partial charge in [-0.2, -0.15) is 0 Å². The number of carbonyl (C=O) groups excluding carboxylic acids is 2. The fraction of sp³-hybridized carbons (Fsp3) is 0.450. The number of aromatic nitrogens is 1. The van der Waals surface area contributed by atoms with E-state index in [1.165, 1.54) is 0 Å². The number of nitrogens with one attached hydrogen (secondary N) is 1. The molecule has 1 aliphatic rings. The molecular formula is C20H24N2O4. The molecule has 3 rings (SSSR count). The van der Waals surface area contributed by atoms with Gasteiger partial charge in [0.2, 0.25) is 0 Å². The minimum Gasteiger partial charge on any atom is -0.392 e. The number of benzene rings is 1. The largest absolute Gasteiger partial charge is 0.392 e. The first-order valence-electron chi connectivity index (χ1n) is 8.81. The van der Waals surface area contributed by atoms with E-state index in [1.54, 1.807) is 19.1 Å². The zero-order valence-corrected chi connectivity index (χ0v) is 15.3. The monoisotopic (exact) mass is 356 g/mol. The van der Waals surface area contributed by atoms with E-state index in [0.717, 1.165) is 17.7 Å². The highest BCUT2D eigenvalue weighted by molar-refractivity contribution is 5.99. The summed E-state index contributed by atoms with van der Waals surface area (Å²) in [4.78, 5) is 24.4. The maximum absolute atomic E-state index is 12.5. The lowest BCUT2D eigenvalue weighted by Gasteiger charge is -2.26. The summed E-state index contributed by atoms with van der Waals surface area (Å²) >= 11 is 0. The third-order valence-electron chi connectivity index (χ3n) is 4.54. The Kier molecular flexibility index (Phi) is 4.96. The van der Waals surface area contributed by atoms with E-state index in [1.807, 2.05) is 12.1 Å². The van der Waals surface area contributed by atoms with Crippen molar-refractivity contribution < 1.29 is 19.2 Å². The number of hydrogen-bond acceptors (Lipinski definition) is 5. The van der Waals surface area contributed by atoms with Crippen LogP contribution in [0.1, 0.15) is 64.9 Å². The van der Waals surface area contributed by atoms with Gasteiger partial charge in [0, 0.05) is 24.9 Å². The number of Topliss-reactive ketones (excluding diaryl/α,β-unsaturated/α-hetero) is 1. The number of aliphatic hydroxyl groups excluding tert-OH is 1. The minimum atomic E-state index is -0.585. The quantitative estimate of drug-likeness (QED) is 0.859. The van der Waals surface area contributed by atoms with Crippen LogP contribution < -0.4 is 5.32 Å². The van der Waals surface area contributed by atoms with Gasteiger partial charge >= 0.3 is 0 Å². The van der Waals surface area contributed by atoms with Crippen molar-refractivity contribution in [2.45, 2.75) is 46.1 Å². The van der Waals surface area contributed by atoms with Crippen LogP contribution in [0.3, 0.4) is 0 Å². The zero-order chi connectivity index (χ0) is 18.9. The van der Waals surface area contributed by atoms with Gasteiger partial charge in [-0.1, -0.05) is 31.1 Å². The Labute approximate surface area is 152 Å². The predicted molar refractivity (Wildman–Crippen MR) is 96.2 cm³/mol. The average molecular weight is 356 g/mol. The third-order valence-corrected chi connectivity index (χ3v) is 4.54. The molecule has 1 aromatic carbocycles. The number of nitrogens with zero attached hydrogens (tertiary/aromatic N) is 1. The Hall–Kier alpha value is -2.47. The number of amides is 1. The Balaban J connectivity index is 1.72. The van der Waals surface area contributed by atoms with Crippen LogP contribution >= 0.6 is 0 Å². The van der Waals surface area contributed by atoms with Gasteiger partial charge in [0.25, 0.3) is 5.91 Å². The molecule has 0 saturated carbocycles. The minimum absolute atomic E-state index is 0.0840. The molecule has 2 N–H and O–H groups in total. The fourth-order valence-electron chi connectivity index (χ4n) is 3.26. The molecule has 6 nitrogen and oxygen atoms in total. The van der Waals surface area contributed by atoms with Crippen molar-refractivity contribution >= 4 is 11.7 Å². The summed E-state index contributed by atoms with van der Waals surface area (Å²) in [5.74, 6) is 0.445. The van der Waals surface area contributed by atoms with Gasteiger partial charge in [-0.05, 0) is 36.5 Å². The normalized spacial score (nSPS) is 16.8. The Morgan fingerprint density at radius 1 is 1.31 bits per heavy atom. The summed E-state index contributed by atoms with van der Waals surface area (Å²) in [6, 6.07) is 7.12. The zero-order valence-electron chi connectivity index (χ0n) is 15.3. The number of fused-ring (bicyclic) bond motifs is 1. The van der Waals surface area contributed by atoms with Crippen molar-refractivity contribution in [3.05, 3.63) is 52.4 Å². The number of hydrogen-bond donors (Lipinski definition) is 2. The lowest BCUT2D eigenvalue weighted by atomic mass is 9.75. The van der Waals surface area contributed by atoms with Crippen molar-refractivity contribution in [1.82, 2.24) is 10.5 Å². The molecule has 0 radical (unpaired) electrons. The summed E-state index contributed by atoms with van der Waals surface area (Å²) < 4.78 is 5.45. The van der Waals surface area contributed by atoms with E-state index in [-0.39, 0.29) is 23.7 Å². The van der Waals surface area contributed by atoms with Gasteiger partial charge in [0.05, 0.1) is 17.4 Å². The van der Waals surface area contributed by atoms with Crippen molar-refractivity contribution in [2.75, 3.05) is 6.54 Å². The summed E-state index contributed by atoms with van der Waals surface area (Å²) in [5.41, 5.74) is 2.75. The highest BCUT2D eigenvalue weighted by atomic mass is 16.5. The molecule has 0 bridgehead atoms. The first kappa shape index (κ1) is 18.3. The molecule has 1 aliphatic carbocycles. The fourth-order valence-corrected chi connectivity index (χ4v) is 3.26. The van der Waals surface area contributed by atoms with Crippen LogP contribution in [0.4, 0.5) is 0 Å². The second-order valence-electron chi connectivity index (χ2n) is 7.80. The molecule has 1 aromatic heterocycles. The molecular weight excluding hydrogens is 332 g/mol. The van der Waals surface area contributed by atoms with Crippen LogP contribution in [-0.4, -0.2) is 34.6 Å². The van der Waals surface area contributed by atoms with E-state index >= 15 is 0 Å². The summed E-state index contributed by atoms with van der Waals surface area (Å²) in [7, 11) is 0. The van der Waals surface area contributed by atoms with Crippen LogP contribution in [-0.2, 0) is 12.8 Å². The van der Waals surface area contributed by atoms with E-state index < -0.39 is 6.10 Å². The molecule has 26 heavy (non-hydrogen) atoms. The van der Waals surface area contributed by atoms with Crippen molar-refractivity contribution in [3.8, 4) is 0 Å². The SMILES string of the molecule is C[C@H](O)CNC(=O)c1ccc(Cc2onc3c2C(=O)CC(C)(C)C3)cc1. The van der Waals surface area contributed by atoms with Crippen LogP contribution in [0.25, 0.3) is 0 Å².